The summed E-state index contributed by atoms with van der Waals surface area (Å²) in [5.41, 5.74) is 2.17. The van der Waals surface area contributed by atoms with Crippen LogP contribution < -0.4 is 4.74 Å². The highest BCUT2D eigenvalue weighted by molar-refractivity contribution is 6.34. The number of ether oxygens (including phenoxy) is 1. The third-order valence-corrected chi connectivity index (χ3v) is 2.79. The van der Waals surface area contributed by atoms with Crippen molar-refractivity contribution in [2.24, 2.45) is 0 Å². The van der Waals surface area contributed by atoms with Gasteiger partial charge in [-0.3, -0.25) is 0 Å². The van der Waals surface area contributed by atoms with Gasteiger partial charge in [-0.2, -0.15) is 0 Å². The van der Waals surface area contributed by atoms with Crippen LogP contribution in [0.1, 0.15) is 11.1 Å². The molecule has 0 fully saturated rings. The molecule has 0 unspecified atom stereocenters. The molecule has 17 heavy (non-hydrogen) atoms. The van der Waals surface area contributed by atoms with Gasteiger partial charge in [0.2, 0.25) is 0 Å². The zero-order chi connectivity index (χ0) is 12.3. The van der Waals surface area contributed by atoms with Gasteiger partial charge in [-0.1, -0.05) is 40.9 Å². The maximum absolute atomic E-state index is 5.91. The lowest BCUT2D eigenvalue weighted by molar-refractivity contribution is 0.306. The fourth-order valence-corrected chi connectivity index (χ4v) is 2.07. The van der Waals surface area contributed by atoms with Crippen LogP contribution in [0.2, 0.25) is 10.0 Å². The third kappa shape index (κ3) is 3.65. The summed E-state index contributed by atoms with van der Waals surface area (Å²) in [5, 5.41) is 1.25. The van der Waals surface area contributed by atoms with E-state index in [1.54, 1.807) is 6.07 Å². The molecule has 2 aromatic rings. The van der Waals surface area contributed by atoms with Crippen molar-refractivity contribution in [1.82, 2.24) is 0 Å². The van der Waals surface area contributed by atoms with Crippen LogP contribution in [0.3, 0.4) is 0 Å². The van der Waals surface area contributed by atoms with Gasteiger partial charge in [-0.25, -0.2) is 0 Å². The molecule has 0 saturated heterocycles. The normalized spacial score (nSPS) is 10.3. The lowest BCUT2D eigenvalue weighted by Gasteiger charge is -2.07. The van der Waals surface area contributed by atoms with Crippen LogP contribution in [0.5, 0.6) is 5.75 Å². The van der Waals surface area contributed by atoms with E-state index < -0.39 is 0 Å². The Morgan fingerprint density at radius 2 is 1.53 bits per heavy atom. The quantitative estimate of drug-likeness (QED) is 0.770. The molecule has 0 spiro atoms. The highest BCUT2D eigenvalue weighted by atomic mass is 35.5. The lowest BCUT2D eigenvalue weighted by atomic mass is 10.2. The third-order valence-electron chi connectivity index (χ3n) is 2.35. The molecule has 0 aliphatic heterocycles. The molecule has 3 heteroatoms. The van der Waals surface area contributed by atoms with E-state index in [1.165, 1.54) is 5.56 Å². The van der Waals surface area contributed by atoms with E-state index in [1.807, 2.05) is 43.3 Å². The molecule has 2 aromatic carbocycles. The van der Waals surface area contributed by atoms with E-state index in [0.717, 1.165) is 11.3 Å². The summed E-state index contributed by atoms with van der Waals surface area (Å²) in [6.45, 7) is 2.50. The molecule has 0 N–H and O–H groups in total. The minimum Gasteiger partial charge on any atom is -0.489 e. The molecule has 0 heterocycles. The van der Waals surface area contributed by atoms with Crippen molar-refractivity contribution in [3.8, 4) is 5.75 Å². The first-order valence-corrected chi connectivity index (χ1v) is 6.03. The standard InChI is InChI=1S/C14H12Cl2O/c1-10-2-4-14(5-3-10)17-9-11-6-12(15)8-13(16)7-11/h2-8H,9H2,1H3. The van der Waals surface area contributed by atoms with Gasteiger partial charge in [0.25, 0.3) is 0 Å². The first-order valence-electron chi connectivity index (χ1n) is 5.28. The van der Waals surface area contributed by atoms with Crippen LogP contribution in [-0.2, 0) is 6.61 Å². The van der Waals surface area contributed by atoms with Crippen molar-refractivity contribution in [3.63, 3.8) is 0 Å². The minimum absolute atomic E-state index is 0.462. The van der Waals surface area contributed by atoms with Crippen molar-refractivity contribution in [2.75, 3.05) is 0 Å². The van der Waals surface area contributed by atoms with E-state index in [2.05, 4.69) is 0 Å². The van der Waals surface area contributed by atoms with Crippen molar-refractivity contribution in [2.45, 2.75) is 13.5 Å². The van der Waals surface area contributed by atoms with E-state index >= 15 is 0 Å². The fraction of sp³-hybridized carbons (Fsp3) is 0.143. The molecule has 0 aliphatic rings. The first kappa shape index (κ1) is 12.3. The second kappa shape index (κ2) is 5.44. The van der Waals surface area contributed by atoms with Crippen LogP contribution in [0.25, 0.3) is 0 Å². The Bertz CT molecular complexity index is 486. The minimum atomic E-state index is 0.462. The largest absolute Gasteiger partial charge is 0.489 e. The molecule has 1 nitrogen and oxygen atoms in total. The van der Waals surface area contributed by atoms with E-state index in [4.69, 9.17) is 27.9 Å². The Kier molecular flexibility index (Phi) is 3.93. The maximum atomic E-state index is 5.91. The molecule has 0 radical (unpaired) electrons. The highest BCUT2D eigenvalue weighted by Gasteiger charge is 1.99. The Hall–Kier alpha value is -1.18. The summed E-state index contributed by atoms with van der Waals surface area (Å²) >= 11 is 11.8. The van der Waals surface area contributed by atoms with Crippen LogP contribution in [0.15, 0.2) is 42.5 Å². The molecule has 0 saturated carbocycles. The first-order chi connectivity index (χ1) is 8.13. The fourth-order valence-electron chi connectivity index (χ4n) is 1.50. The predicted octanol–water partition coefficient (Wildman–Crippen LogP) is 4.88. The molecule has 0 bridgehead atoms. The molecule has 0 amide bonds. The smallest absolute Gasteiger partial charge is 0.119 e. The van der Waals surface area contributed by atoms with Gasteiger partial charge in [0, 0.05) is 10.0 Å². The van der Waals surface area contributed by atoms with Crippen molar-refractivity contribution in [3.05, 3.63) is 63.6 Å². The van der Waals surface area contributed by atoms with Gasteiger partial charge < -0.3 is 4.74 Å². The molecular weight excluding hydrogens is 255 g/mol. The molecule has 0 atom stereocenters. The van der Waals surface area contributed by atoms with E-state index in [9.17, 15) is 0 Å². The molecule has 2 rings (SSSR count). The Morgan fingerprint density at radius 1 is 0.941 bits per heavy atom. The zero-order valence-corrected chi connectivity index (χ0v) is 10.9. The summed E-state index contributed by atoms with van der Waals surface area (Å²) in [6, 6.07) is 13.3. The molecule has 0 aromatic heterocycles. The number of rotatable bonds is 3. The molecule has 88 valence electrons. The molecular formula is C14H12Cl2O. The van der Waals surface area contributed by atoms with Crippen molar-refractivity contribution < 1.29 is 4.74 Å². The van der Waals surface area contributed by atoms with E-state index in [0.29, 0.717) is 16.7 Å². The van der Waals surface area contributed by atoms with Gasteiger partial charge >= 0.3 is 0 Å². The monoisotopic (exact) mass is 266 g/mol. The Balaban J connectivity index is 2.04. The number of benzene rings is 2. The lowest BCUT2D eigenvalue weighted by Crippen LogP contribution is -1.95. The van der Waals surface area contributed by atoms with Crippen LogP contribution >= 0.6 is 23.2 Å². The Labute approximate surface area is 111 Å². The second-order valence-corrected chi connectivity index (χ2v) is 4.75. The predicted molar refractivity (Wildman–Crippen MR) is 72.0 cm³/mol. The number of halogens is 2. The van der Waals surface area contributed by atoms with Crippen LogP contribution in [0, 0.1) is 6.92 Å². The van der Waals surface area contributed by atoms with Gasteiger partial charge in [0.15, 0.2) is 0 Å². The average molecular weight is 267 g/mol. The summed E-state index contributed by atoms with van der Waals surface area (Å²) in [6.07, 6.45) is 0. The van der Waals surface area contributed by atoms with Gasteiger partial charge in [-0.05, 0) is 42.8 Å². The van der Waals surface area contributed by atoms with Crippen LogP contribution in [0.4, 0.5) is 0 Å². The van der Waals surface area contributed by atoms with Gasteiger partial charge in [0.1, 0.15) is 12.4 Å². The van der Waals surface area contributed by atoms with Gasteiger partial charge in [0.05, 0.1) is 0 Å². The summed E-state index contributed by atoms with van der Waals surface area (Å²) in [4.78, 5) is 0. The Morgan fingerprint density at radius 3 is 2.12 bits per heavy atom. The average Bonchev–Trinajstić information content (AvgIpc) is 2.27. The van der Waals surface area contributed by atoms with E-state index in [-0.39, 0.29) is 0 Å². The van der Waals surface area contributed by atoms with Gasteiger partial charge in [-0.15, -0.1) is 0 Å². The van der Waals surface area contributed by atoms with Crippen molar-refractivity contribution >= 4 is 23.2 Å². The highest BCUT2D eigenvalue weighted by Crippen LogP contribution is 2.20. The number of hydrogen-bond acceptors (Lipinski definition) is 1. The summed E-state index contributed by atoms with van der Waals surface area (Å²) in [7, 11) is 0. The van der Waals surface area contributed by atoms with Crippen molar-refractivity contribution in [1.29, 1.82) is 0 Å². The van der Waals surface area contributed by atoms with Crippen LogP contribution in [-0.4, -0.2) is 0 Å². The zero-order valence-electron chi connectivity index (χ0n) is 9.41. The summed E-state index contributed by atoms with van der Waals surface area (Å²) in [5.74, 6) is 0.840. The number of hydrogen-bond donors (Lipinski definition) is 0. The number of aryl methyl sites for hydroxylation is 1. The second-order valence-electron chi connectivity index (χ2n) is 3.88. The molecule has 0 aliphatic carbocycles. The SMILES string of the molecule is Cc1ccc(OCc2cc(Cl)cc(Cl)c2)cc1. The topological polar surface area (TPSA) is 9.23 Å². The summed E-state index contributed by atoms with van der Waals surface area (Å²) < 4.78 is 5.64. The maximum Gasteiger partial charge on any atom is 0.119 e.